The first-order valence-electron chi connectivity index (χ1n) is 14.3. The van der Waals surface area contributed by atoms with Crippen LogP contribution in [0.25, 0.3) is 32.6 Å². The van der Waals surface area contributed by atoms with E-state index in [9.17, 15) is 0 Å². The minimum atomic E-state index is 1.15. The molecule has 0 amide bonds. The summed E-state index contributed by atoms with van der Waals surface area (Å²) in [5, 5.41) is 5.73. The summed E-state index contributed by atoms with van der Waals surface area (Å²) >= 11 is 0. The van der Waals surface area contributed by atoms with Crippen molar-refractivity contribution < 1.29 is 0 Å². The minimum Gasteiger partial charge on any atom is -0.344 e. The Bertz CT molecular complexity index is 1110. The molecule has 2 aromatic carbocycles. The lowest BCUT2D eigenvalue weighted by Gasteiger charge is -2.15. The lowest BCUT2D eigenvalue weighted by atomic mass is 10.0. The monoisotopic (exact) mass is 458 g/mol. The molecule has 0 aliphatic rings. The lowest BCUT2D eigenvalue weighted by molar-refractivity contribution is 0.591. The number of unbranched alkanes of at least 4 members (excludes halogenated alkanes) is 6. The van der Waals surface area contributed by atoms with Gasteiger partial charge in [-0.2, -0.15) is 0 Å². The summed E-state index contributed by atoms with van der Waals surface area (Å²) in [6.45, 7) is 11.5. The third-order valence-electron chi connectivity index (χ3n) is 7.63. The van der Waals surface area contributed by atoms with E-state index in [4.69, 9.17) is 0 Å². The molecule has 0 fully saturated rings. The molecular weight excluding hydrogens is 412 g/mol. The summed E-state index contributed by atoms with van der Waals surface area (Å²) in [6, 6.07) is 14.6. The van der Waals surface area contributed by atoms with Gasteiger partial charge in [-0.3, -0.25) is 0 Å². The Morgan fingerprint density at radius 2 is 0.912 bits per heavy atom. The summed E-state index contributed by atoms with van der Waals surface area (Å²) in [6.07, 6.45) is 15.1. The molecule has 0 aliphatic carbocycles. The molecule has 2 heterocycles. The third kappa shape index (κ3) is 5.07. The zero-order chi connectivity index (χ0) is 23.9. The fourth-order valence-electron chi connectivity index (χ4n) is 5.73. The number of aromatic nitrogens is 2. The smallest absolute Gasteiger partial charge is 0.0562 e. The van der Waals surface area contributed by atoms with Crippen LogP contribution in [-0.4, -0.2) is 9.13 Å². The summed E-state index contributed by atoms with van der Waals surface area (Å²) in [4.78, 5) is 0. The van der Waals surface area contributed by atoms with E-state index in [1.807, 2.05) is 0 Å². The van der Waals surface area contributed by atoms with Crippen LogP contribution < -0.4 is 0 Å². The number of nitrogens with zero attached hydrogens (tertiary/aromatic N) is 2. The van der Waals surface area contributed by atoms with Crippen molar-refractivity contribution in [2.45, 2.75) is 118 Å². The molecule has 0 unspecified atom stereocenters. The van der Waals surface area contributed by atoms with Crippen LogP contribution in [0.4, 0.5) is 0 Å². The zero-order valence-corrected chi connectivity index (χ0v) is 22.3. The van der Waals surface area contributed by atoms with E-state index in [0.29, 0.717) is 0 Å². The SMILES string of the molecule is CCCCCn1c(CCCC)cc2ccc3c(ccc4cc(CCCC)n(CCCCC)c43)c21. The third-order valence-corrected chi connectivity index (χ3v) is 7.63. The van der Waals surface area contributed by atoms with E-state index in [2.05, 4.69) is 73.2 Å². The second-order valence-electron chi connectivity index (χ2n) is 10.3. The van der Waals surface area contributed by atoms with Gasteiger partial charge in [0.25, 0.3) is 0 Å². The normalized spacial score (nSPS) is 12.0. The van der Waals surface area contributed by atoms with Crippen molar-refractivity contribution in [3.63, 3.8) is 0 Å². The van der Waals surface area contributed by atoms with Crippen molar-refractivity contribution in [2.75, 3.05) is 0 Å². The Balaban J connectivity index is 1.91. The van der Waals surface area contributed by atoms with Crippen LogP contribution in [0.2, 0.25) is 0 Å². The fourth-order valence-corrected chi connectivity index (χ4v) is 5.73. The molecule has 2 aromatic heterocycles. The molecule has 0 saturated carbocycles. The van der Waals surface area contributed by atoms with Crippen LogP contribution in [0.1, 0.15) is 103 Å². The molecule has 0 bridgehead atoms. The van der Waals surface area contributed by atoms with Crippen molar-refractivity contribution in [2.24, 2.45) is 0 Å². The predicted octanol–water partition coefficient (Wildman–Crippen LogP) is 9.81. The highest BCUT2D eigenvalue weighted by molar-refractivity contribution is 6.16. The molecule has 0 N–H and O–H groups in total. The second kappa shape index (κ2) is 12.0. The van der Waals surface area contributed by atoms with Gasteiger partial charge in [-0.15, -0.1) is 0 Å². The van der Waals surface area contributed by atoms with Crippen molar-refractivity contribution in [1.82, 2.24) is 9.13 Å². The first kappa shape index (κ1) is 24.9. The summed E-state index contributed by atoms with van der Waals surface area (Å²) in [7, 11) is 0. The van der Waals surface area contributed by atoms with Crippen molar-refractivity contribution >= 4 is 32.6 Å². The van der Waals surface area contributed by atoms with Crippen molar-refractivity contribution in [3.8, 4) is 0 Å². The van der Waals surface area contributed by atoms with E-state index in [0.717, 1.165) is 13.1 Å². The van der Waals surface area contributed by atoms with Gasteiger partial charge in [-0.1, -0.05) is 90.5 Å². The standard InChI is InChI=1S/C32H46N2/c1-5-9-13-21-33-27(15-11-7-3)23-25-17-20-30-29(31(25)33)19-18-26-24-28(16-12-8-4)34(32(26)30)22-14-10-6-2/h17-20,23-24H,5-16,21-22H2,1-4H3. The molecule has 4 aromatic rings. The summed E-state index contributed by atoms with van der Waals surface area (Å²) in [5.41, 5.74) is 6.00. The number of benzene rings is 2. The molecule has 0 spiro atoms. The number of fused-ring (bicyclic) bond motifs is 5. The maximum atomic E-state index is 2.68. The highest BCUT2D eigenvalue weighted by Crippen LogP contribution is 2.36. The van der Waals surface area contributed by atoms with Crippen LogP contribution in [0.5, 0.6) is 0 Å². The van der Waals surface area contributed by atoms with Gasteiger partial charge in [-0.25, -0.2) is 0 Å². The topological polar surface area (TPSA) is 9.86 Å². The first-order valence-corrected chi connectivity index (χ1v) is 14.3. The van der Waals surface area contributed by atoms with Gasteiger partial charge in [0.1, 0.15) is 0 Å². The number of aryl methyl sites for hydroxylation is 4. The number of rotatable bonds is 14. The highest BCUT2D eigenvalue weighted by Gasteiger charge is 2.16. The molecule has 2 heteroatoms. The Kier molecular flexibility index (Phi) is 8.75. The van der Waals surface area contributed by atoms with E-state index >= 15 is 0 Å². The molecule has 0 atom stereocenters. The molecular formula is C32H46N2. The molecule has 0 radical (unpaired) electrons. The average Bonchev–Trinajstić information content (AvgIpc) is 3.39. The summed E-state index contributed by atoms with van der Waals surface area (Å²) in [5.74, 6) is 0. The maximum Gasteiger partial charge on any atom is 0.0562 e. The predicted molar refractivity (Wildman–Crippen MR) is 151 cm³/mol. The Morgan fingerprint density at radius 3 is 1.29 bits per heavy atom. The van der Waals surface area contributed by atoms with Crippen LogP contribution in [0.3, 0.4) is 0 Å². The molecule has 184 valence electrons. The van der Waals surface area contributed by atoms with E-state index in [-0.39, 0.29) is 0 Å². The van der Waals surface area contributed by atoms with Gasteiger partial charge in [0.05, 0.1) is 11.0 Å². The molecule has 4 rings (SSSR count). The largest absolute Gasteiger partial charge is 0.344 e. The van der Waals surface area contributed by atoms with Gasteiger partial charge in [0.15, 0.2) is 0 Å². The van der Waals surface area contributed by atoms with Gasteiger partial charge in [0.2, 0.25) is 0 Å². The van der Waals surface area contributed by atoms with Crippen LogP contribution in [-0.2, 0) is 25.9 Å². The quantitative estimate of drug-likeness (QED) is 0.166. The number of hydrogen-bond donors (Lipinski definition) is 0. The van der Waals surface area contributed by atoms with Crippen molar-refractivity contribution in [1.29, 1.82) is 0 Å². The average molecular weight is 459 g/mol. The molecule has 34 heavy (non-hydrogen) atoms. The van der Waals surface area contributed by atoms with Crippen molar-refractivity contribution in [3.05, 3.63) is 47.8 Å². The zero-order valence-electron chi connectivity index (χ0n) is 22.3. The Hall–Kier alpha value is -2.22. The second-order valence-corrected chi connectivity index (χ2v) is 10.3. The van der Waals surface area contributed by atoms with Crippen LogP contribution >= 0.6 is 0 Å². The van der Waals surface area contributed by atoms with Crippen LogP contribution in [0.15, 0.2) is 36.4 Å². The van der Waals surface area contributed by atoms with Gasteiger partial charge < -0.3 is 9.13 Å². The minimum absolute atomic E-state index is 1.15. The van der Waals surface area contributed by atoms with Gasteiger partial charge >= 0.3 is 0 Å². The Labute approximate surface area is 207 Å². The van der Waals surface area contributed by atoms with E-state index in [1.165, 1.54) is 121 Å². The lowest BCUT2D eigenvalue weighted by Crippen LogP contribution is -2.05. The highest BCUT2D eigenvalue weighted by atomic mass is 15.0. The molecule has 0 saturated heterocycles. The van der Waals surface area contributed by atoms with Crippen LogP contribution in [0, 0.1) is 0 Å². The summed E-state index contributed by atoms with van der Waals surface area (Å²) < 4.78 is 5.36. The molecule has 2 nitrogen and oxygen atoms in total. The first-order chi connectivity index (χ1) is 16.7. The van der Waals surface area contributed by atoms with E-state index < -0.39 is 0 Å². The molecule has 0 aliphatic heterocycles. The Morgan fingerprint density at radius 1 is 0.500 bits per heavy atom. The van der Waals surface area contributed by atoms with E-state index in [1.54, 1.807) is 0 Å². The number of hydrogen-bond acceptors (Lipinski definition) is 0. The van der Waals surface area contributed by atoms with Gasteiger partial charge in [0, 0.05) is 46.0 Å². The van der Waals surface area contributed by atoms with Gasteiger partial charge in [-0.05, 0) is 50.7 Å². The fraction of sp³-hybridized carbons (Fsp3) is 0.562. The maximum absolute atomic E-state index is 2.68.